The monoisotopic (exact) mass is 323 g/mol. The van der Waals surface area contributed by atoms with E-state index in [4.69, 9.17) is 9.88 Å². The second kappa shape index (κ2) is 6.33. The molecule has 0 aromatic heterocycles. The van der Waals surface area contributed by atoms with Crippen LogP contribution in [-0.2, 0) is 14.8 Å². The number of esters is 1. The Morgan fingerprint density at radius 2 is 1.91 bits per heavy atom. The fourth-order valence-corrected chi connectivity index (χ4v) is 2.75. The third kappa shape index (κ3) is 3.37. The highest BCUT2D eigenvalue weighted by atomic mass is 32.2. The van der Waals surface area contributed by atoms with E-state index >= 15 is 0 Å². The second-order valence-corrected chi connectivity index (χ2v) is 6.42. The Kier molecular flexibility index (Phi) is 4.68. The number of phenols is 1. The summed E-state index contributed by atoms with van der Waals surface area (Å²) in [5.41, 5.74) is 0. The number of unbranched alkanes of at least 4 members (excludes halogenated alkanes) is 1. The van der Waals surface area contributed by atoms with Gasteiger partial charge in [-0.05, 0) is 6.42 Å². The summed E-state index contributed by atoms with van der Waals surface area (Å²) in [6.45, 7) is 1.95. The van der Waals surface area contributed by atoms with Gasteiger partial charge in [-0.1, -0.05) is 37.6 Å². The van der Waals surface area contributed by atoms with Crippen molar-refractivity contribution in [2.24, 2.45) is 5.14 Å². The maximum Gasteiger partial charge on any atom is 0.311 e. The van der Waals surface area contributed by atoms with Crippen molar-refractivity contribution in [3.8, 4) is 11.5 Å². The van der Waals surface area contributed by atoms with E-state index in [1.807, 2.05) is 6.92 Å². The molecule has 0 heterocycles. The lowest BCUT2D eigenvalue weighted by Crippen LogP contribution is -2.14. The molecule has 3 N–H and O–H groups in total. The number of carbonyl (C=O) groups excluding carboxylic acids is 1. The molecule has 7 heteroatoms. The van der Waals surface area contributed by atoms with E-state index < -0.39 is 26.6 Å². The SMILES string of the molecule is CCCCC(=O)Oc1cc(S(N)(=O)=O)c(O)c2ccccc12. The third-order valence-electron chi connectivity index (χ3n) is 3.21. The van der Waals surface area contributed by atoms with Crippen LogP contribution in [0.1, 0.15) is 26.2 Å². The molecule has 0 bridgehead atoms. The quantitative estimate of drug-likeness (QED) is 0.648. The molecule has 0 aliphatic rings. The number of rotatable bonds is 5. The highest BCUT2D eigenvalue weighted by Gasteiger charge is 2.21. The summed E-state index contributed by atoms with van der Waals surface area (Å²) in [5, 5.41) is 15.9. The first-order chi connectivity index (χ1) is 10.3. The molecule has 0 fully saturated rings. The van der Waals surface area contributed by atoms with Crippen LogP contribution >= 0.6 is 0 Å². The number of sulfonamides is 1. The van der Waals surface area contributed by atoms with Gasteiger partial charge in [0.25, 0.3) is 0 Å². The normalized spacial score (nSPS) is 11.5. The minimum atomic E-state index is -4.14. The molecule has 2 aromatic carbocycles. The van der Waals surface area contributed by atoms with Crippen LogP contribution in [-0.4, -0.2) is 19.5 Å². The van der Waals surface area contributed by atoms with E-state index in [1.165, 1.54) is 6.07 Å². The first-order valence-corrected chi connectivity index (χ1v) is 8.37. The van der Waals surface area contributed by atoms with E-state index in [2.05, 4.69) is 0 Å². The Hall–Kier alpha value is -2.12. The highest BCUT2D eigenvalue weighted by Crippen LogP contribution is 2.37. The molecular weight excluding hydrogens is 306 g/mol. The van der Waals surface area contributed by atoms with Crippen LogP contribution in [0.4, 0.5) is 0 Å². The Bertz CT molecular complexity index is 814. The zero-order valence-electron chi connectivity index (χ0n) is 12.1. The van der Waals surface area contributed by atoms with Gasteiger partial charge in [0.05, 0.1) is 0 Å². The van der Waals surface area contributed by atoms with Gasteiger partial charge in [-0.25, -0.2) is 13.6 Å². The molecule has 22 heavy (non-hydrogen) atoms. The van der Waals surface area contributed by atoms with Gasteiger partial charge in [0.2, 0.25) is 10.0 Å². The van der Waals surface area contributed by atoms with Gasteiger partial charge in [0.1, 0.15) is 16.4 Å². The largest absolute Gasteiger partial charge is 0.506 e. The molecule has 0 aliphatic carbocycles. The number of hydrogen-bond acceptors (Lipinski definition) is 5. The molecule has 0 saturated heterocycles. The lowest BCUT2D eigenvalue weighted by molar-refractivity contribution is -0.134. The number of carbonyl (C=O) groups is 1. The number of hydrogen-bond donors (Lipinski definition) is 2. The molecule has 0 radical (unpaired) electrons. The van der Waals surface area contributed by atoms with Crippen LogP contribution in [0.3, 0.4) is 0 Å². The lowest BCUT2D eigenvalue weighted by Gasteiger charge is -2.12. The summed E-state index contributed by atoms with van der Waals surface area (Å²) in [7, 11) is -4.14. The van der Waals surface area contributed by atoms with Crippen LogP contribution in [0, 0.1) is 0 Å². The Labute approximate surface area is 128 Å². The van der Waals surface area contributed by atoms with Gasteiger partial charge in [-0.2, -0.15) is 0 Å². The number of benzene rings is 2. The summed E-state index contributed by atoms with van der Waals surface area (Å²) >= 11 is 0. The van der Waals surface area contributed by atoms with Gasteiger partial charge in [0, 0.05) is 23.3 Å². The molecule has 0 unspecified atom stereocenters. The molecule has 118 valence electrons. The number of aromatic hydroxyl groups is 1. The zero-order chi connectivity index (χ0) is 16.3. The van der Waals surface area contributed by atoms with Crippen LogP contribution in [0.25, 0.3) is 10.8 Å². The van der Waals surface area contributed by atoms with Crippen molar-refractivity contribution >= 4 is 26.8 Å². The minimum absolute atomic E-state index is 0.0681. The predicted octanol–water partition coefficient (Wildman–Crippen LogP) is 2.29. The van der Waals surface area contributed by atoms with Crippen LogP contribution in [0.2, 0.25) is 0 Å². The number of nitrogens with two attached hydrogens (primary N) is 1. The fraction of sp³-hybridized carbons (Fsp3) is 0.267. The molecule has 0 atom stereocenters. The van der Waals surface area contributed by atoms with Crippen molar-refractivity contribution in [1.82, 2.24) is 0 Å². The summed E-state index contributed by atoms with van der Waals surface area (Å²) in [4.78, 5) is 11.3. The number of primary sulfonamides is 1. The van der Waals surface area contributed by atoms with Crippen LogP contribution in [0.5, 0.6) is 11.5 Å². The molecular formula is C15H17NO5S. The summed E-state index contributed by atoms with van der Waals surface area (Å²) < 4.78 is 28.4. The highest BCUT2D eigenvalue weighted by molar-refractivity contribution is 7.89. The van der Waals surface area contributed by atoms with Crippen molar-refractivity contribution < 1.29 is 23.1 Å². The van der Waals surface area contributed by atoms with E-state index in [-0.39, 0.29) is 17.6 Å². The molecule has 2 rings (SSSR count). The van der Waals surface area contributed by atoms with Gasteiger partial charge < -0.3 is 9.84 Å². The van der Waals surface area contributed by atoms with E-state index in [0.29, 0.717) is 11.8 Å². The first-order valence-electron chi connectivity index (χ1n) is 6.82. The lowest BCUT2D eigenvalue weighted by atomic mass is 10.1. The van der Waals surface area contributed by atoms with Crippen molar-refractivity contribution in [2.45, 2.75) is 31.1 Å². The predicted molar refractivity (Wildman–Crippen MR) is 82.1 cm³/mol. The molecule has 6 nitrogen and oxygen atoms in total. The Morgan fingerprint density at radius 3 is 2.50 bits per heavy atom. The number of phenolic OH excluding ortho intramolecular Hbond substituents is 1. The smallest absolute Gasteiger partial charge is 0.311 e. The van der Waals surface area contributed by atoms with E-state index in [9.17, 15) is 18.3 Å². The minimum Gasteiger partial charge on any atom is -0.506 e. The van der Waals surface area contributed by atoms with Gasteiger partial charge >= 0.3 is 5.97 Å². The summed E-state index contributed by atoms with van der Waals surface area (Å²) in [6.07, 6.45) is 1.75. The van der Waals surface area contributed by atoms with Crippen molar-refractivity contribution in [3.05, 3.63) is 30.3 Å². The van der Waals surface area contributed by atoms with Gasteiger partial charge in [-0.15, -0.1) is 0 Å². The molecule has 0 amide bonds. The average Bonchev–Trinajstić information content (AvgIpc) is 2.47. The van der Waals surface area contributed by atoms with Gasteiger partial charge in [0.15, 0.2) is 0 Å². The second-order valence-electron chi connectivity index (χ2n) is 4.89. The molecule has 2 aromatic rings. The van der Waals surface area contributed by atoms with Crippen LogP contribution < -0.4 is 9.88 Å². The Morgan fingerprint density at radius 1 is 1.27 bits per heavy atom. The maximum atomic E-state index is 11.8. The fourth-order valence-electron chi connectivity index (χ4n) is 2.10. The number of ether oxygens (including phenoxy) is 1. The van der Waals surface area contributed by atoms with E-state index in [1.54, 1.807) is 18.2 Å². The van der Waals surface area contributed by atoms with Crippen LogP contribution in [0.15, 0.2) is 35.2 Å². The number of fused-ring (bicyclic) bond motifs is 1. The average molecular weight is 323 g/mol. The van der Waals surface area contributed by atoms with Crippen molar-refractivity contribution in [3.63, 3.8) is 0 Å². The Balaban J connectivity index is 2.57. The van der Waals surface area contributed by atoms with Crippen molar-refractivity contribution in [2.75, 3.05) is 0 Å². The first kappa shape index (κ1) is 16.3. The standard InChI is InChI=1S/C15H17NO5S/c1-2-3-8-14(17)21-12-9-13(22(16,19)20)15(18)11-7-5-4-6-10(11)12/h4-7,9,18H,2-3,8H2,1H3,(H2,16,19,20). The van der Waals surface area contributed by atoms with Crippen molar-refractivity contribution in [1.29, 1.82) is 0 Å². The summed E-state index contributed by atoms with van der Waals surface area (Å²) in [6, 6.07) is 7.57. The maximum absolute atomic E-state index is 11.8. The van der Waals surface area contributed by atoms with E-state index in [0.717, 1.165) is 12.5 Å². The zero-order valence-corrected chi connectivity index (χ0v) is 12.9. The van der Waals surface area contributed by atoms with Gasteiger partial charge in [-0.3, -0.25) is 4.79 Å². The molecule has 0 spiro atoms. The molecule has 0 saturated carbocycles. The topological polar surface area (TPSA) is 107 Å². The third-order valence-corrected chi connectivity index (χ3v) is 4.13. The summed E-state index contributed by atoms with van der Waals surface area (Å²) in [5.74, 6) is -0.844. The molecule has 0 aliphatic heterocycles.